The highest BCUT2D eigenvalue weighted by molar-refractivity contribution is 7.89. The summed E-state index contributed by atoms with van der Waals surface area (Å²) in [5.41, 5.74) is 0. The Morgan fingerprint density at radius 3 is 2.28 bits per heavy atom. The number of aliphatic carboxylic acids is 1. The standard InChI is InChI=1S/C9H19N3O5S/c1-6(2)7(8(13)14)12-9(15)11-4-3-5-18(10,16)17/h6-7H,3-5H2,1-2H3,(H,13,14)(H2,10,16,17)(H2,11,12,15)/t7-/m1/s1. The minimum atomic E-state index is -3.54. The maximum atomic E-state index is 11.3. The number of rotatable bonds is 7. The molecule has 0 aromatic heterocycles. The monoisotopic (exact) mass is 281 g/mol. The molecule has 0 heterocycles. The molecule has 0 saturated carbocycles. The van der Waals surface area contributed by atoms with Crippen LogP contribution in [-0.4, -0.2) is 43.9 Å². The molecule has 0 saturated heterocycles. The predicted octanol–water partition coefficient (Wildman–Crippen LogP) is -0.927. The van der Waals surface area contributed by atoms with Crippen LogP contribution < -0.4 is 15.8 Å². The van der Waals surface area contributed by atoms with Crippen molar-refractivity contribution in [2.45, 2.75) is 26.3 Å². The zero-order valence-corrected chi connectivity index (χ0v) is 11.2. The number of carboxylic acids is 1. The van der Waals surface area contributed by atoms with Gasteiger partial charge in [-0.1, -0.05) is 13.8 Å². The summed E-state index contributed by atoms with van der Waals surface area (Å²) in [4.78, 5) is 22.1. The van der Waals surface area contributed by atoms with E-state index in [4.69, 9.17) is 10.2 Å². The Bertz CT molecular complexity index is 393. The van der Waals surface area contributed by atoms with E-state index >= 15 is 0 Å². The Balaban J connectivity index is 4.00. The van der Waals surface area contributed by atoms with Gasteiger partial charge in [0.15, 0.2) is 0 Å². The molecule has 0 radical (unpaired) electrons. The lowest BCUT2D eigenvalue weighted by Gasteiger charge is -2.18. The topological polar surface area (TPSA) is 139 Å². The van der Waals surface area contributed by atoms with Gasteiger partial charge in [-0.15, -0.1) is 0 Å². The highest BCUT2D eigenvalue weighted by Gasteiger charge is 2.23. The van der Waals surface area contributed by atoms with Crippen LogP contribution in [0.15, 0.2) is 0 Å². The summed E-state index contributed by atoms with van der Waals surface area (Å²) in [7, 11) is -3.54. The minimum Gasteiger partial charge on any atom is -0.480 e. The third-order valence-electron chi connectivity index (χ3n) is 2.11. The van der Waals surface area contributed by atoms with Crippen LogP contribution in [0.25, 0.3) is 0 Å². The van der Waals surface area contributed by atoms with E-state index in [1.807, 2.05) is 0 Å². The van der Waals surface area contributed by atoms with Gasteiger partial charge in [-0.3, -0.25) is 0 Å². The average molecular weight is 281 g/mol. The SMILES string of the molecule is CC(C)[C@@H](NC(=O)NCCCS(N)(=O)=O)C(=O)O. The van der Waals surface area contributed by atoms with Crippen molar-refractivity contribution in [2.75, 3.05) is 12.3 Å². The highest BCUT2D eigenvalue weighted by atomic mass is 32.2. The Morgan fingerprint density at radius 1 is 1.33 bits per heavy atom. The fourth-order valence-corrected chi connectivity index (χ4v) is 1.73. The summed E-state index contributed by atoms with van der Waals surface area (Å²) < 4.78 is 21.2. The normalized spacial score (nSPS) is 13.1. The number of carboxylic acid groups (broad SMARTS) is 1. The second kappa shape index (κ2) is 7.17. The van der Waals surface area contributed by atoms with E-state index in [9.17, 15) is 18.0 Å². The number of sulfonamides is 1. The first-order valence-corrected chi connectivity index (χ1v) is 7.12. The van der Waals surface area contributed by atoms with Crippen LogP contribution in [0, 0.1) is 5.92 Å². The lowest BCUT2D eigenvalue weighted by molar-refractivity contribution is -0.140. The third-order valence-corrected chi connectivity index (χ3v) is 2.97. The van der Waals surface area contributed by atoms with Crippen molar-refractivity contribution < 1.29 is 23.1 Å². The van der Waals surface area contributed by atoms with Crippen molar-refractivity contribution in [3.63, 3.8) is 0 Å². The van der Waals surface area contributed by atoms with E-state index in [0.29, 0.717) is 0 Å². The zero-order valence-electron chi connectivity index (χ0n) is 10.3. The van der Waals surface area contributed by atoms with Crippen molar-refractivity contribution in [1.29, 1.82) is 0 Å². The van der Waals surface area contributed by atoms with Gasteiger partial charge in [0.05, 0.1) is 5.75 Å². The molecule has 8 nitrogen and oxygen atoms in total. The fourth-order valence-electron chi connectivity index (χ4n) is 1.18. The number of nitrogens with one attached hydrogen (secondary N) is 2. The van der Waals surface area contributed by atoms with Crippen molar-refractivity contribution in [3.05, 3.63) is 0 Å². The molecule has 0 aromatic carbocycles. The van der Waals surface area contributed by atoms with Crippen molar-refractivity contribution in [1.82, 2.24) is 10.6 Å². The van der Waals surface area contributed by atoms with Crippen molar-refractivity contribution >= 4 is 22.0 Å². The fraction of sp³-hybridized carbons (Fsp3) is 0.778. The number of amides is 2. The largest absolute Gasteiger partial charge is 0.480 e. The van der Waals surface area contributed by atoms with Gasteiger partial charge < -0.3 is 15.7 Å². The molecule has 0 spiro atoms. The van der Waals surface area contributed by atoms with E-state index in [1.165, 1.54) is 0 Å². The summed E-state index contributed by atoms with van der Waals surface area (Å²) in [5, 5.41) is 18.3. The van der Waals surface area contributed by atoms with E-state index in [0.717, 1.165) is 0 Å². The summed E-state index contributed by atoms with van der Waals surface area (Å²) in [6.07, 6.45) is 0.172. The van der Waals surface area contributed by atoms with Crippen LogP contribution in [0.1, 0.15) is 20.3 Å². The van der Waals surface area contributed by atoms with E-state index in [1.54, 1.807) is 13.8 Å². The number of primary sulfonamides is 1. The smallest absolute Gasteiger partial charge is 0.326 e. The summed E-state index contributed by atoms with van der Waals surface area (Å²) in [6, 6.07) is -1.63. The van der Waals surface area contributed by atoms with Gasteiger partial charge in [0.1, 0.15) is 6.04 Å². The lowest BCUT2D eigenvalue weighted by Crippen LogP contribution is -2.48. The predicted molar refractivity (Wildman–Crippen MR) is 65.4 cm³/mol. The molecule has 0 fully saturated rings. The molecular formula is C9H19N3O5S. The zero-order chi connectivity index (χ0) is 14.3. The maximum absolute atomic E-state index is 11.3. The second-order valence-electron chi connectivity index (χ2n) is 4.18. The van der Waals surface area contributed by atoms with Gasteiger partial charge in [0.25, 0.3) is 0 Å². The molecule has 2 amide bonds. The van der Waals surface area contributed by atoms with Gasteiger partial charge in [-0.05, 0) is 12.3 Å². The molecule has 0 aliphatic carbocycles. The first-order valence-electron chi connectivity index (χ1n) is 5.41. The van der Waals surface area contributed by atoms with Gasteiger partial charge >= 0.3 is 12.0 Å². The van der Waals surface area contributed by atoms with Gasteiger partial charge in [-0.2, -0.15) is 0 Å². The number of nitrogens with two attached hydrogens (primary N) is 1. The van der Waals surface area contributed by atoms with Gasteiger partial charge in [0, 0.05) is 6.54 Å². The number of carbonyl (C=O) groups excluding carboxylic acids is 1. The number of hydrogen-bond acceptors (Lipinski definition) is 4. The quantitative estimate of drug-likeness (QED) is 0.447. The maximum Gasteiger partial charge on any atom is 0.326 e. The van der Waals surface area contributed by atoms with Crippen molar-refractivity contribution in [2.24, 2.45) is 11.1 Å². The minimum absolute atomic E-state index is 0.104. The Labute approximate surface area is 106 Å². The van der Waals surface area contributed by atoms with Gasteiger partial charge in [0.2, 0.25) is 10.0 Å². The molecule has 5 N–H and O–H groups in total. The molecule has 0 unspecified atom stereocenters. The number of urea groups is 1. The average Bonchev–Trinajstić information content (AvgIpc) is 2.18. The van der Waals surface area contributed by atoms with E-state index in [2.05, 4.69) is 10.6 Å². The molecule has 18 heavy (non-hydrogen) atoms. The van der Waals surface area contributed by atoms with Crippen LogP contribution in [0.4, 0.5) is 4.79 Å². The number of carbonyl (C=O) groups is 2. The molecule has 0 rings (SSSR count). The van der Waals surface area contributed by atoms with E-state index < -0.39 is 28.1 Å². The Kier molecular flexibility index (Phi) is 6.63. The molecule has 106 valence electrons. The van der Waals surface area contributed by atoms with Crippen LogP contribution in [-0.2, 0) is 14.8 Å². The highest BCUT2D eigenvalue weighted by Crippen LogP contribution is 2.01. The summed E-state index contributed by atoms with van der Waals surface area (Å²) in [5.74, 6) is -1.61. The number of hydrogen-bond donors (Lipinski definition) is 4. The Hall–Kier alpha value is -1.35. The third kappa shape index (κ3) is 7.85. The van der Waals surface area contributed by atoms with Crippen LogP contribution in [0.2, 0.25) is 0 Å². The molecule has 0 aliphatic heterocycles. The molecule has 1 atom stereocenters. The summed E-state index contributed by atoms with van der Waals surface area (Å²) in [6.45, 7) is 3.44. The first kappa shape index (κ1) is 16.6. The Morgan fingerprint density at radius 2 is 1.89 bits per heavy atom. The van der Waals surface area contributed by atoms with Crippen molar-refractivity contribution in [3.8, 4) is 0 Å². The van der Waals surface area contributed by atoms with Crippen LogP contribution in [0.5, 0.6) is 0 Å². The second-order valence-corrected chi connectivity index (χ2v) is 5.91. The molecule has 0 bridgehead atoms. The van der Waals surface area contributed by atoms with Crippen LogP contribution in [0.3, 0.4) is 0 Å². The molecule has 9 heteroatoms. The summed E-state index contributed by atoms with van der Waals surface area (Å²) >= 11 is 0. The van der Waals surface area contributed by atoms with E-state index in [-0.39, 0.29) is 24.6 Å². The molecule has 0 aliphatic rings. The van der Waals surface area contributed by atoms with Gasteiger partial charge in [-0.25, -0.2) is 23.1 Å². The molecular weight excluding hydrogens is 262 g/mol. The lowest BCUT2D eigenvalue weighted by atomic mass is 10.1. The first-order chi connectivity index (χ1) is 8.13. The van der Waals surface area contributed by atoms with Crippen LogP contribution >= 0.6 is 0 Å². The molecule has 0 aromatic rings.